The number of ether oxygens (including phenoxy) is 2. The van der Waals surface area contributed by atoms with Gasteiger partial charge in [0.15, 0.2) is 6.10 Å². The molecule has 0 aliphatic carbocycles. The van der Waals surface area contributed by atoms with Crippen molar-refractivity contribution in [3.63, 3.8) is 0 Å². The Kier molecular flexibility index (Phi) is 9.30. The molecule has 8 heteroatoms. The van der Waals surface area contributed by atoms with Crippen molar-refractivity contribution in [1.82, 2.24) is 14.4 Å². The first-order valence-electron chi connectivity index (χ1n) is 14.8. The summed E-state index contributed by atoms with van der Waals surface area (Å²) in [5.41, 5.74) is 5.08. The molecule has 8 nitrogen and oxygen atoms in total. The third kappa shape index (κ3) is 5.95. The molecule has 2 amide bonds. The molecular formula is C35H41N3O5. The maximum absolute atomic E-state index is 14.5. The lowest BCUT2D eigenvalue weighted by molar-refractivity contribution is -0.143. The Hall–Kier alpha value is -3.98. The van der Waals surface area contributed by atoms with E-state index in [0.29, 0.717) is 25.4 Å². The standard InChI is InChI=1S/C35H41N3O5/c1-23-19-38(24(2)21-39)34(40)32-31(28-17-11-12-18-29(28)37(32)4)27-16-10-9-15-26(27)22-43-30(23)20-36(3)35(41)33(42-5)25-13-7-6-8-14-25/h6-18,23-24,30,33,39H,19-22H2,1-5H3/t23-,24+,30+,33+/m0/s1. The zero-order chi connectivity index (χ0) is 30.7. The number of benzene rings is 3. The second-order valence-electron chi connectivity index (χ2n) is 11.5. The fraction of sp³-hybridized carbons (Fsp3) is 0.371. The predicted molar refractivity (Wildman–Crippen MR) is 168 cm³/mol. The minimum atomic E-state index is -0.736. The lowest BCUT2D eigenvalue weighted by atomic mass is 9.96. The lowest BCUT2D eigenvalue weighted by Crippen LogP contribution is -2.48. The molecule has 0 spiro atoms. The number of hydrogen-bond acceptors (Lipinski definition) is 5. The van der Waals surface area contributed by atoms with Crippen LogP contribution in [0.3, 0.4) is 0 Å². The summed E-state index contributed by atoms with van der Waals surface area (Å²) in [6.07, 6.45) is -1.13. The topological polar surface area (TPSA) is 84.2 Å². The van der Waals surface area contributed by atoms with E-state index < -0.39 is 18.2 Å². The molecule has 0 fully saturated rings. The summed E-state index contributed by atoms with van der Waals surface area (Å²) >= 11 is 0. The van der Waals surface area contributed by atoms with Crippen LogP contribution in [0.2, 0.25) is 0 Å². The zero-order valence-electron chi connectivity index (χ0n) is 25.6. The average Bonchev–Trinajstić information content (AvgIpc) is 3.32. The van der Waals surface area contributed by atoms with Crippen molar-refractivity contribution in [2.45, 2.75) is 38.7 Å². The first-order valence-corrected chi connectivity index (χ1v) is 14.8. The van der Waals surface area contributed by atoms with E-state index in [0.717, 1.165) is 33.2 Å². The maximum atomic E-state index is 14.5. The molecule has 3 aromatic carbocycles. The number of hydrogen-bond donors (Lipinski definition) is 1. The largest absolute Gasteiger partial charge is 0.394 e. The second kappa shape index (κ2) is 13.1. The van der Waals surface area contributed by atoms with E-state index in [9.17, 15) is 14.7 Å². The number of likely N-dealkylation sites (N-methyl/N-ethyl adjacent to an activating group) is 1. The summed E-state index contributed by atoms with van der Waals surface area (Å²) in [6, 6.07) is 25.1. The predicted octanol–water partition coefficient (Wildman–Crippen LogP) is 5.05. The van der Waals surface area contributed by atoms with Gasteiger partial charge >= 0.3 is 0 Å². The minimum absolute atomic E-state index is 0.148. The van der Waals surface area contributed by atoms with Gasteiger partial charge in [-0.25, -0.2) is 0 Å². The Balaban J connectivity index is 1.55. The highest BCUT2D eigenvalue weighted by Gasteiger charge is 2.34. The van der Waals surface area contributed by atoms with Gasteiger partial charge in [0.25, 0.3) is 11.8 Å². The van der Waals surface area contributed by atoms with E-state index >= 15 is 0 Å². The number of fused-ring (bicyclic) bond motifs is 5. The lowest BCUT2D eigenvalue weighted by Gasteiger charge is -2.35. The Morgan fingerprint density at radius 2 is 1.74 bits per heavy atom. The van der Waals surface area contributed by atoms with E-state index in [1.54, 1.807) is 16.8 Å². The van der Waals surface area contributed by atoms with Crippen molar-refractivity contribution in [3.05, 3.63) is 95.7 Å². The van der Waals surface area contributed by atoms with Crippen molar-refractivity contribution in [1.29, 1.82) is 0 Å². The molecule has 0 saturated carbocycles. The number of aliphatic hydroxyl groups is 1. The smallest absolute Gasteiger partial charge is 0.271 e. The number of rotatable bonds is 7. The van der Waals surface area contributed by atoms with Crippen molar-refractivity contribution in [3.8, 4) is 11.1 Å². The van der Waals surface area contributed by atoms with Gasteiger partial charge < -0.3 is 28.9 Å². The number of amides is 2. The quantitative estimate of drug-likeness (QED) is 0.329. The van der Waals surface area contributed by atoms with E-state index in [1.807, 2.05) is 104 Å². The van der Waals surface area contributed by atoms with Gasteiger partial charge in [-0.2, -0.15) is 0 Å². The van der Waals surface area contributed by atoms with Crippen molar-refractivity contribution >= 4 is 22.7 Å². The Morgan fingerprint density at radius 1 is 1.07 bits per heavy atom. The van der Waals surface area contributed by atoms with Crippen LogP contribution in [-0.2, 0) is 27.9 Å². The van der Waals surface area contributed by atoms with E-state index in [2.05, 4.69) is 0 Å². The fourth-order valence-corrected chi connectivity index (χ4v) is 6.09. The number of para-hydroxylation sites is 1. The van der Waals surface area contributed by atoms with Gasteiger partial charge in [-0.3, -0.25) is 9.59 Å². The third-order valence-electron chi connectivity index (χ3n) is 8.62. The molecular weight excluding hydrogens is 542 g/mol. The van der Waals surface area contributed by atoms with Gasteiger partial charge in [0, 0.05) is 56.7 Å². The molecule has 1 aromatic heterocycles. The Morgan fingerprint density at radius 3 is 2.47 bits per heavy atom. The molecule has 0 unspecified atom stereocenters. The summed E-state index contributed by atoms with van der Waals surface area (Å²) in [6.45, 7) is 4.67. The Bertz CT molecular complexity index is 1580. The first kappa shape index (κ1) is 30.5. The van der Waals surface area contributed by atoms with Crippen LogP contribution in [0.15, 0.2) is 78.9 Å². The summed E-state index contributed by atoms with van der Waals surface area (Å²) in [5, 5.41) is 11.2. The number of methoxy groups -OCH3 is 1. The van der Waals surface area contributed by atoms with Crippen LogP contribution in [-0.4, -0.2) is 77.3 Å². The van der Waals surface area contributed by atoms with E-state index in [-0.39, 0.29) is 24.3 Å². The van der Waals surface area contributed by atoms with Gasteiger partial charge in [0.2, 0.25) is 0 Å². The molecule has 4 aromatic rings. The third-order valence-corrected chi connectivity index (χ3v) is 8.62. The van der Waals surface area contributed by atoms with Crippen molar-refractivity contribution < 1.29 is 24.2 Å². The van der Waals surface area contributed by atoms with E-state index in [4.69, 9.17) is 9.47 Å². The first-order chi connectivity index (χ1) is 20.8. The monoisotopic (exact) mass is 583 g/mol. The fourth-order valence-electron chi connectivity index (χ4n) is 6.09. The van der Waals surface area contributed by atoms with Crippen molar-refractivity contribution in [2.75, 3.05) is 33.9 Å². The average molecular weight is 584 g/mol. The molecule has 4 atom stereocenters. The SMILES string of the molecule is CO[C@@H](C(=O)N(C)C[C@H]1OCc2ccccc2-c2c(n(C)c3ccccc23)C(=O)N([C@H](C)CO)C[C@@H]1C)c1ccccc1. The summed E-state index contributed by atoms with van der Waals surface area (Å²) in [4.78, 5) is 31.5. The molecule has 1 aliphatic heterocycles. The molecule has 1 aliphatic rings. The molecule has 2 heterocycles. The zero-order valence-corrected chi connectivity index (χ0v) is 25.6. The highest BCUT2D eigenvalue weighted by molar-refractivity contribution is 6.10. The number of aliphatic hydroxyl groups excluding tert-OH is 1. The van der Waals surface area contributed by atoms with Crippen LogP contribution in [0, 0.1) is 5.92 Å². The number of nitrogens with zero attached hydrogens (tertiary/aromatic N) is 3. The summed E-state index contributed by atoms with van der Waals surface area (Å²) in [5.74, 6) is -0.477. The van der Waals surface area contributed by atoms with Crippen molar-refractivity contribution in [2.24, 2.45) is 13.0 Å². The molecule has 0 bridgehead atoms. The molecule has 5 rings (SSSR count). The van der Waals surface area contributed by atoms with Crippen LogP contribution in [0.4, 0.5) is 0 Å². The second-order valence-corrected chi connectivity index (χ2v) is 11.5. The number of aromatic nitrogens is 1. The van der Waals surface area contributed by atoms with Gasteiger partial charge in [-0.15, -0.1) is 0 Å². The number of carbonyl (C=O) groups excluding carboxylic acids is 2. The van der Waals surface area contributed by atoms with Crippen LogP contribution in [0.25, 0.3) is 22.0 Å². The van der Waals surface area contributed by atoms with Gasteiger partial charge in [-0.05, 0) is 29.7 Å². The van der Waals surface area contributed by atoms with Crippen LogP contribution >= 0.6 is 0 Å². The normalized spacial score (nSPS) is 18.8. The molecule has 1 N–H and O–H groups in total. The van der Waals surface area contributed by atoms with Gasteiger partial charge in [-0.1, -0.05) is 79.7 Å². The summed E-state index contributed by atoms with van der Waals surface area (Å²) < 4.78 is 14.2. The molecule has 43 heavy (non-hydrogen) atoms. The number of carbonyl (C=O) groups is 2. The summed E-state index contributed by atoms with van der Waals surface area (Å²) in [7, 11) is 5.21. The molecule has 226 valence electrons. The Labute approximate surface area is 253 Å². The molecule has 0 radical (unpaired) electrons. The van der Waals surface area contributed by atoms with Gasteiger partial charge in [0.1, 0.15) is 5.69 Å². The molecule has 0 saturated heterocycles. The van der Waals surface area contributed by atoms with Crippen LogP contribution < -0.4 is 0 Å². The highest BCUT2D eigenvalue weighted by Crippen LogP contribution is 2.38. The van der Waals surface area contributed by atoms with Gasteiger partial charge in [0.05, 0.1) is 25.4 Å². The maximum Gasteiger partial charge on any atom is 0.271 e. The number of aryl methyl sites for hydroxylation is 1. The van der Waals surface area contributed by atoms with Crippen LogP contribution in [0.5, 0.6) is 0 Å². The minimum Gasteiger partial charge on any atom is -0.394 e. The van der Waals surface area contributed by atoms with E-state index in [1.165, 1.54) is 7.11 Å². The van der Waals surface area contributed by atoms with Crippen LogP contribution in [0.1, 0.15) is 41.6 Å². The highest BCUT2D eigenvalue weighted by atomic mass is 16.5.